The summed E-state index contributed by atoms with van der Waals surface area (Å²) in [5, 5.41) is 3.08. The van der Waals surface area contributed by atoms with Gasteiger partial charge in [-0.3, -0.25) is 4.79 Å². The van der Waals surface area contributed by atoms with Crippen molar-refractivity contribution in [3.63, 3.8) is 0 Å². The standard InChI is InChI=1S/C12H14BrNOS/c1-8-7-10(16-11(8)13)12(15)14-9-5-3-2-4-6-9/h2-3,7,9H,4-6H2,1H3,(H,14,15). The van der Waals surface area contributed by atoms with E-state index in [-0.39, 0.29) is 5.91 Å². The van der Waals surface area contributed by atoms with E-state index in [9.17, 15) is 4.79 Å². The molecule has 1 heterocycles. The van der Waals surface area contributed by atoms with Crippen LogP contribution in [0, 0.1) is 6.92 Å². The first-order valence-electron chi connectivity index (χ1n) is 5.38. The van der Waals surface area contributed by atoms with Gasteiger partial charge in [0.25, 0.3) is 5.91 Å². The van der Waals surface area contributed by atoms with Gasteiger partial charge in [0.1, 0.15) is 0 Å². The van der Waals surface area contributed by atoms with Gasteiger partial charge in [-0.15, -0.1) is 11.3 Å². The zero-order valence-corrected chi connectivity index (χ0v) is 11.5. The van der Waals surface area contributed by atoms with Crippen molar-refractivity contribution in [2.75, 3.05) is 0 Å². The van der Waals surface area contributed by atoms with Gasteiger partial charge < -0.3 is 5.32 Å². The Morgan fingerprint density at radius 1 is 1.56 bits per heavy atom. The van der Waals surface area contributed by atoms with E-state index in [4.69, 9.17) is 0 Å². The zero-order valence-electron chi connectivity index (χ0n) is 9.13. The lowest BCUT2D eigenvalue weighted by atomic mass is 10.0. The number of carbonyl (C=O) groups is 1. The van der Waals surface area contributed by atoms with E-state index < -0.39 is 0 Å². The molecule has 1 amide bonds. The van der Waals surface area contributed by atoms with Gasteiger partial charge in [0.15, 0.2) is 0 Å². The third-order valence-electron chi connectivity index (χ3n) is 2.69. The van der Waals surface area contributed by atoms with Gasteiger partial charge in [-0.05, 0) is 53.7 Å². The van der Waals surface area contributed by atoms with Crippen LogP contribution >= 0.6 is 27.3 Å². The van der Waals surface area contributed by atoms with Crippen LogP contribution < -0.4 is 5.32 Å². The highest BCUT2D eigenvalue weighted by molar-refractivity contribution is 9.11. The second-order valence-corrected chi connectivity index (χ2v) is 6.39. The normalized spacial score (nSPS) is 19.8. The first kappa shape index (κ1) is 11.9. The molecule has 16 heavy (non-hydrogen) atoms. The summed E-state index contributed by atoms with van der Waals surface area (Å²) in [5.74, 6) is 0.0547. The summed E-state index contributed by atoms with van der Waals surface area (Å²) in [7, 11) is 0. The minimum absolute atomic E-state index is 0.0547. The fourth-order valence-corrected chi connectivity index (χ4v) is 3.19. The molecular weight excluding hydrogens is 286 g/mol. The molecule has 2 nitrogen and oxygen atoms in total. The van der Waals surface area contributed by atoms with Crippen LogP contribution in [0.15, 0.2) is 22.0 Å². The number of amides is 1. The summed E-state index contributed by atoms with van der Waals surface area (Å²) in [5.41, 5.74) is 1.12. The second kappa shape index (κ2) is 5.15. The number of aryl methyl sites for hydroxylation is 1. The minimum Gasteiger partial charge on any atom is -0.348 e. The van der Waals surface area contributed by atoms with Gasteiger partial charge >= 0.3 is 0 Å². The van der Waals surface area contributed by atoms with Crippen molar-refractivity contribution in [1.82, 2.24) is 5.32 Å². The van der Waals surface area contributed by atoms with Crippen LogP contribution in [0.5, 0.6) is 0 Å². The van der Waals surface area contributed by atoms with E-state index in [0.29, 0.717) is 6.04 Å². The Kier molecular flexibility index (Phi) is 3.82. The van der Waals surface area contributed by atoms with Crippen molar-refractivity contribution >= 4 is 33.2 Å². The molecular formula is C12H14BrNOS. The average Bonchev–Trinajstić information content (AvgIpc) is 2.61. The number of halogens is 1. The number of allylic oxidation sites excluding steroid dienone is 1. The molecule has 1 aliphatic rings. The highest BCUT2D eigenvalue weighted by atomic mass is 79.9. The highest BCUT2D eigenvalue weighted by Crippen LogP contribution is 2.27. The van der Waals surface area contributed by atoms with Crippen molar-refractivity contribution in [2.24, 2.45) is 0 Å². The molecule has 1 atom stereocenters. The smallest absolute Gasteiger partial charge is 0.261 e. The molecule has 0 saturated heterocycles. The Hall–Kier alpha value is -0.610. The molecule has 1 aliphatic carbocycles. The Morgan fingerprint density at radius 3 is 2.94 bits per heavy atom. The Labute approximate surface area is 108 Å². The number of hydrogen-bond donors (Lipinski definition) is 1. The molecule has 0 aromatic carbocycles. The van der Waals surface area contributed by atoms with Crippen LogP contribution in [0.25, 0.3) is 0 Å². The van der Waals surface area contributed by atoms with Crippen LogP contribution in [0.1, 0.15) is 34.5 Å². The predicted molar refractivity (Wildman–Crippen MR) is 71.0 cm³/mol. The molecule has 0 bridgehead atoms. The van der Waals surface area contributed by atoms with Gasteiger partial charge in [-0.2, -0.15) is 0 Å². The Bertz CT molecular complexity index is 405. The Balaban J connectivity index is 1.99. The van der Waals surface area contributed by atoms with E-state index in [0.717, 1.165) is 33.5 Å². The largest absolute Gasteiger partial charge is 0.348 e. The number of nitrogens with one attached hydrogen (secondary N) is 1. The second-order valence-electron chi connectivity index (χ2n) is 4.02. The lowest BCUT2D eigenvalue weighted by Gasteiger charge is -2.18. The van der Waals surface area contributed by atoms with Crippen molar-refractivity contribution in [3.05, 3.63) is 32.4 Å². The third-order valence-corrected chi connectivity index (χ3v) is 4.82. The summed E-state index contributed by atoms with van der Waals surface area (Å²) in [6.45, 7) is 2.00. The average molecular weight is 300 g/mol. The summed E-state index contributed by atoms with van der Waals surface area (Å²) in [6.07, 6.45) is 7.39. The molecule has 0 fully saturated rings. The summed E-state index contributed by atoms with van der Waals surface area (Å²) in [6, 6.07) is 2.24. The summed E-state index contributed by atoms with van der Waals surface area (Å²) >= 11 is 4.93. The fraction of sp³-hybridized carbons (Fsp3) is 0.417. The molecule has 4 heteroatoms. The van der Waals surface area contributed by atoms with Crippen LogP contribution in [-0.4, -0.2) is 11.9 Å². The maximum atomic E-state index is 11.9. The lowest BCUT2D eigenvalue weighted by Crippen LogP contribution is -2.34. The Morgan fingerprint density at radius 2 is 2.38 bits per heavy atom. The van der Waals surface area contributed by atoms with Gasteiger partial charge in [0.05, 0.1) is 8.66 Å². The molecule has 86 valence electrons. The van der Waals surface area contributed by atoms with Crippen molar-refractivity contribution in [2.45, 2.75) is 32.2 Å². The summed E-state index contributed by atoms with van der Waals surface area (Å²) < 4.78 is 1.04. The molecule has 0 saturated carbocycles. The SMILES string of the molecule is Cc1cc(C(=O)NC2CC=CCC2)sc1Br. The monoisotopic (exact) mass is 299 g/mol. The number of hydrogen-bond acceptors (Lipinski definition) is 2. The van der Waals surface area contributed by atoms with Crippen LogP contribution in [0.2, 0.25) is 0 Å². The molecule has 0 radical (unpaired) electrons. The number of thiophene rings is 1. The van der Waals surface area contributed by atoms with E-state index in [1.54, 1.807) is 0 Å². The predicted octanol–water partition coefficient (Wildman–Crippen LogP) is 3.66. The van der Waals surface area contributed by atoms with Crippen molar-refractivity contribution in [3.8, 4) is 0 Å². The van der Waals surface area contributed by atoms with Gasteiger partial charge in [0, 0.05) is 6.04 Å². The van der Waals surface area contributed by atoms with E-state index in [1.807, 2.05) is 13.0 Å². The van der Waals surface area contributed by atoms with Crippen LogP contribution in [0.3, 0.4) is 0 Å². The molecule has 1 aromatic rings. The van der Waals surface area contributed by atoms with Crippen molar-refractivity contribution < 1.29 is 4.79 Å². The third kappa shape index (κ3) is 2.74. The van der Waals surface area contributed by atoms with Crippen LogP contribution in [0.4, 0.5) is 0 Å². The molecule has 2 rings (SSSR count). The molecule has 0 spiro atoms. The van der Waals surface area contributed by atoms with E-state index in [2.05, 4.69) is 33.4 Å². The first-order chi connectivity index (χ1) is 7.66. The van der Waals surface area contributed by atoms with Gasteiger partial charge in [-0.25, -0.2) is 0 Å². The van der Waals surface area contributed by atoms with E-state index >= 15 is 0 Å². The first-order valence-corrected chi connectivity index (χ1v) is 6.99. The maximum Gasteiger partial charge on any atom is 0.261 e. The van der Waals surface area contributed by atoms with Crippen molar-refractivity contribution in [1.29, 1.82) is 0 Å². The zero-order chi connectivity index (χ0) is 11.5. The molecule has 1 N–H and O–H groups in total. The maximum absolute atomic E-state index is 11.9. The van der Waals surface area contributed by atoms with E-state index in [1.165, 1.54) is 11.3 Å². The molecule has 1 aromatic heterocycles. The van der Waals surface area contributed by atoms with Gasteiger partial charge in [0.2, 0.25) is 0 Å². The number of carbonyl (C=O) groups excluding carboxylic acids is 1. The summed E-state index contributed by atoms with van der Waals surface area (Å²) in [4.78, 5) is 12.7. The topological polar surface area (TPSA) is 29.1 Å². The quantitative estimate of drug-likeness (QED) is 0.830. The number of rotatable bonds is 2. The fourth-order valence-electron chi connectivity index (χ4n) is 1.75. The van der Waals surface area contributed by atoms with Crippen LogP contribution in [-0.2, 0) is 0 Å². The van der Waals surface area contributed by atoms with Gasteiger partial charge in [-0.1, -0.05) is 12.2 Å². The minimum atomic E-state index is 0.0547. The molecule has 0 aliphatic heterocycles. The lowest BCUT2D eigenvalue weighted by molar-refractivity contribution is 0.0939. The highest BCUT2D eigenvalue weighted by Gasteiger charge is 2.16. The molecule has 1 unspecified atom stereocenters.